The fourth-order valence-electron chi connectivity index (χ4n) is 8.10. The zero-order valence-electron chi connectivity index (χ0n) is 20.0. The van der Waals surface area contributed by atoms with Crippen molar-refractivity contribution in [3.8, 4) is 0 Å². The van der Waals surface area contributed by atoms with Gasteiger partial charge in [-0.05, 0) is 97.2 Å². The third-order valence-corrected chi connectivity index (χ3v) is 10.7. The maximum atomic E-state index is 12.5. The molecule has 7 atom stereocenters. The molecule has 31 heavy (non-hydrogen) atoms. The van der Waals surface area contributed by atoms with E-state index < -0.39 is 0 Å². The van der Waals surface area contributed by atoms with Crippen LogP contribution < -0.4 is 0 Å². The highest BCUT2D eigenvalue weighted by Crippen LogP contribution is 2.66. The minimum atomic E-state index is 0.0358. The number of esters is 1. The van der Waals surface area contributed by atoms with Gasteiger partial charge in [-0.15, -0.1) is 0 Å². The number of hydrogen-bond acceptors (Lipinski definition) is 3. The predicted octanol–water partition coefficient (Wildman–Crippen LogP) is 7.12. The predicted molar refractivity (Wildman–Crippen MR) is 134 cm³/mol. The molecule has 0 saturated heterocycles. The monoisotopic (exact) mass is 542 g/mol. The van der Waals surface area contributed by atoms with Crippen molar-refractivity contribution in [1.82, 2.24) is 0 Å². The molecule has 176 valence electrons. The molecule has 0 radical (unpaired) electrons. The standard InChI is InChI=1S/C27H43IO3/c1-26-14-12-20(31-17-7-5-4-6-16-28)18-19(26)8-9-21-22-10-11-24(25(29)30-3)27(22,2)15-13-23(21)26/h8,20-24H,4-7,9-18H2,1-3H3/t20?,21-,22-,23+,24?,26-,27-/m0/s1. The van der Waals surface area contributed by atoms with Crippen molar-refractivity contribution in [2.75, 3.05) is 18.1 Å². The summed E-state index contributed by atoms with van der Waals surface area (Å²) in [4.78, 5) is 12.5. The zero-order valence-corrected chi connectivity index (χ0v) is 22.1. The minimum Gasteiger partial charge on any atom is -0.469 e. The topological polar surface area (TPSA) is 35.5 Å². The second-order valence-corrected chi connectivity index (χ2v) is 12.4. The fourth-order valence-corrected chi connectivity index (χ4v) is 8.64. The van der Waals surface area contributed by atoms with E-state index in [1.165, 1.54) is 68.6 Å². The molecule has 0 spiro atoms. The van der Waals surface area contributed by atoms with Gasteiger partial charge in [0.1, 0.15) is 0 Å². The molecular formula is C27H43IO3. The summed E-state index contributed by atoms with van der Waals surface area (Å²) < 4.78 is 12.8. The molecule has 4 heteroatoms. The first-order valence-corrected chi connectivity index (χ1v) is 14.4. The second-order valence-electron chi connectivity index (χ2n) is 11.3. The third-order valence-electron chi connectivity index (χ3n) is 9.93. The van der Waals surface area contributed by atoms with Gasteiger partial charge in [0.25, 0.3) is 0 Å². The number of allylic oxidation sites excluding steroid dienone is 1. The number of carbonyl (C=O) groups is 1. The Kier molecular flexibility index (Phi) is 7.78. The van der Waals surface area contributed by atoms with Gasteiger partial charge in [-0.2, -0.15) is 0 Å². The highest BCUT2D eigenvalue weighted by molar-refractivity contribution is 14.1. The Morgan fingerprint density at radius 2 is 1.87 bits per heavy atom. The van der Waals surface area contributed by atoms with E-state index in [-0.39, 0.29) is 17.3 Å². The van der Waals surface area contributed by atoms with E-state index in [2.05, 4.69) is 42.5 Å². The first kappa shape index (κ1) is 24.0. The summed E-state index contributed by atoms with van der Waals surface area (Å²) in [6.07, 6.45) is 17.8. The SMILES string of the molecule is COC(=O)C1CC[C@H]2[C@@H]3CC=C4CC(OCCCCCCI)CC[C@]4(C)[C@@H]3CC[C@]12C. The number of methoxy groups -OCH3 is 1. The molecule has 0 amide bonds. The molecule has 3 fully saturated rings. The van der Waals surface area contributed by atoms with Crippen LogP contribution in [0, 0.1) is 34.5 Å². The molecular weight excluding hydrogens is 499 g/mol. The number of halogens is 1. The molecule has 0 bridgehead atoms. The van der Waals surface area contributed by atoms with Crippen molar-refractivity contribution in [3.05, 3.63) is 11.6 Å². The zero-order chi connectivity index (χ0) is 22.1. The maximum Gasteiger partial charge on any atom is 0.309 e. The quantitative estimate of drug-likeness (QED) is 0.108. The van der Waals surface area contributed by atoms with Crippen molar-refractivity contribution >= 4 is 28.6 Å². The number of rotatable bonds is 8. The smallest absolute Gasteiger partial charge is 0.309 e. The lowest BCUT2D eigenvalue weighted by atomic mass is 9.47. The first-order chi connectivity index (χ1) is 14.9. The van der Waals surface area contributed by atoms with Gasteiger partial charge in [0, 0.05) is 6.61 Å². The molecule has 4 rings (SSSR count). The molecule has 4 aliphatic carbocycles. The van der Waals surface area contributed by atoms with E-state index in [0.29, 0.717) is 17.4 Å². The van der Waals surface area contributed by atoms with Gasteiger partial charge < -0.3 is 9.47 Å². The van der Waals surface area contributed by atoms with Crippen molar-refractivity contribution in [3.63, 3.8) is 0 Å². The fraction of sp³-hybridized carbons (Fsp3) is 0.889. The van der Waals surface area contributed by atoms with Crippen LogP contribution in [0.3, 0.4) is 0 Å². The van der Waals surface area contributed by atoms with Crippen LogP contribution in [-0.2, 0) is 14.3 Å². The summed E-state index contributed by atoms with van der Waals surface area (Å²) in [6, 6.07) is 0. The van der Waals surface area contributed by atoms with Gasteiger partial charge >= 0.3 is 5.97 Å². The Hall–Kier alpha value is -0.100. The van der Waals surface area contributed by atoms with Gasteiger partial charge in [0.2, 0.25) is 0 Å². The molecule has 0 aromatic carbocycles. The van der Waals surface area contributed by atoms with Crippen LogP contribution in [0.15, 0.2) is 11.6 Å². The summed E-state index contributed by atoms with van der Waals surface area (Å²) in [5, 5.41) is 0. The molecule has 0 heterocycles. The lowest BCUT2D eigenvalue weighted by Gasteiger charge is -2.58. The van der Waals surface area contributed by atoms with E-state index >= 15 is 0 Å². The van der Waals surface area contributed by atoms with Gasteiger partial charge in [-0.3, -0.25) is 4.79 Å². The van der Waals surface area contributed by atoms with Crippen molar-refractivity contribution in [1.29, 1.82) is 0 Å². The van der Waals surface area contributed by atoms with Crippen molar-refractivity contribution in [2.45, 2.75) is 97.0 Å². The molecule has 2 unspecified atom stereocenters. The van der Waals surface area contributed by atoms with E-state index in [1.54, 1.807) is 12.7 Å². The number of carbonyl (C=O) groups excluding carboxylic acids is 1. The van der Waals surface area contributed by atoms with Crippen LogP contribution in [0.5, 0.6) is 0 Å². The number of ether oxygens (including phenoxy) is 2. The van der Waals surface area contributed by atoms with Crippen LogP contribution in [0.25, 0.3) is 0 Å². The molecule has 0 aliphatic heterocycles. The maximum absolute atomic E-state index is 12.5. The molecule has 3 saturated carbocycles. The van der Waals surface area contributed by atoms with Gasteiger partial charge in [-0.1, -0.05) is 60.9 Å². The Morgan fingerprint density at radius 1 is 1.06 bits per heavy atom. The number of hydrogen-bond donors (Lipinski definition) is 0. The summed E-state index contributed by atoms with van der Waals surface area (Å²) in [5.74, 6) is 2.37. The van der Waals surface area contributed by atoms with Gasteiger partial charge in [-0.25, -0.2) is 0 Å². The summed E-state index contributed by atoms with van der Waals surface area (Å²) in [7, 11) is 1.56. The largest absolute Gasteiger partial charge is 0.469 e. The number of fused-ring (bicyclic) bond motifs is 5. The van der Waals surface area contributed by atoms with E-state index in [1.807, 2.05) is 0 Å². The van der Waals surface area contributed by atoms with Crippen LogP contribution in [0.1, 0.15) is 90.9 Å². The summed E-state index contributed by atoms with van der Waals surface area (Å²) >= 11 is 2.47. The van der Waals surface area contributed by atoms with E-state index in [0.717, 1.165) is 31.3 Å². The van der Waals surface area contributed by atoms with Crippen molar-refractivity contribution in [2.24, 2.45) is 34.5 Å². The minimum absolute atomic E-state index is 0.0358. The first-order valence-electron chi connectivity index (χ1n) is 12.9. The average molecular weight is 543 g/mol. The summed E-state index contributed by atoms with van der Waals surface area (Å²) in [5.41, 5.74) is 2.20. The van der Waals surface area contributed by atoms with Crippen LogP contribution in [-0.4, -0.2) is 30.2 Å². The van der Waals surface area contributed by atoms with Crippen LogP contribution in [0.2, 0.25) is 0 Å². The Balaban J connectivity index is 1.38. The molecule has 4 aliphatic rings. The Morgan fingerprint density at radius 3 is 2.65 bits per heavy atom. The molecule has 0 aromatic heterocycles. The number of unbranched alkanes of at least 4 members (excludes halogenated alkanes) is 3. The lowest BCUT2D eigenvalue weighted by molar-refractivity contribution is -0.152. The van der Waals surface area contributed by atoms with Crippen LogP contribution >= 0.6 is 22.6 Å². The molecule has 0 N–H and O–H groups in total. The summed E-state index contributed by atoms with van der Waals surface area (Å²) in [6.45, 7) is 5.90. The molecule has 0 aromatic rings. The van der Waals surface area contributed by atoms with E-state index in [4.69, 9.17) is 9.47 Å². The average Bonchev–Trinajstić information content (AvgIpc) is 3.13. The van der Waals surface area contributed by atoms with Crippen LogP contribution in [0.4, 0.5) is 0 Å². The number of alkyl halides is 1. The normalized spacial score (nSPS) is 41.7. The Labute approximate surface area is 203 Å². The van der Waals surface area contributed by atoms with Gasteiger partial charge in [0.05, 0.1) is 19.1 Å². The lowest BCUT2D eigenvalue weighted by Crippen LogP contribution is -2.51. The highest BCUT2D eigenvalue weighted by atomic mass is 127. The second kappa shape index (κ2) is 10.0. The van der Waals surface area contributed by atoms with Gasteiger partial charge in [0.15, 0.2) is 0 Å². The van der Waals surface area contributed by atoms with E-state index in [9.17, 15) is 4.79 Å². The Bertz CT molecular complexity index is 675. The van der Waals surface area contributed by atoms with Crippen molar-refractivity contribution < 1.29 is 14.3 Å². The molecule has 3 nitrogen and oxygen atoms in total. The highest BCUT2D eigenvalue weighted by Gasteiger charge is 2.60. The third kappa shape index (κ3) is 4.50.